The molecule has 10 heteroatoms. The van der Waals surface area contributed by atoms with Crippen molar-refractivity contribution in [2.45, 2.75) is 4.90 Å². The molecule has 0 spiro atoms. The van der Waals surface area contributed by atoms with E-state index in [0.717, 1.165) is 15.7 Å². The lowest BCUT2D eigenvalue weighted by Crippen LogP contribution is -2.49. The number of pyridine rings is 1. The normalized spacial score (nSPS) is 16.0. The van der Waals surface area contributed by atoms with E-state index in [9.17, 15) is 8.42 Å². The van der Waals surface area contributed by atoms with Crippen LogP contribution in [0.15, 0.2) is 52.1 Å². The second kappa shape index (κ2) is 7.02. The first-order valence-electron chi connectivity index (χ1n) is 8.33. The lowest BCUT2D eigenvalue weighted by Gasteiger charge is -2.35. The number of benzene rings is 1. The van der Waals surface area contributed by atoms with E-state index in [2.05, 4.69) is 35.8 Å². The van der Waals surface area contributed by atoms with Crippen molar-refractivity contribution in [1.82, 2.24) is 19.3 Å². The number of nitrogen functional groups attached to an aromatic ring is 1. The van der Waals surface area contributed by atoms with Gasteiger partial charge >= 0.3 is 0 Å². The van der Waals surface area contributed by atoms with Crippen LogP contribution in [0.1, 0.15) is 0 Å². The maximum Gasteiger partial charge on any atom is 0.243 e. The highest BCUT2D eigenvalue weighted by Gasteiger charge is 2.29. The van der Waals surface area contributed by atoms with Gasteiger partial charge in [-0.15, -0.1) is 0 Å². The van der Waals surface area contributed by atoms with Crippen LogP contribution in [-0.2, 0) is 10.0 Å². The Morgan fingerprint density at radius 3 is 2.56 bits per heavy atom. The van der Waals surface area contributed by atoms with Gasteiger partial charge in [0, 0.05) is 30.7 Å². The zero-order valence-corrected chi connectivity index (χ0v) is 16.7. The van der Waals surface area contributed by atoms with Gasteiger partial charge in [-0.25, -0.2) is 23.4 Å². The first-order chi connectivity index (χ1) is 12.9. The molecule has 2 N–H and O–H groups in total. The summed E-state index contributed by atoms with van der Waals surface area (Å²) in [5, 5.41) is 0.801. The molecule has 1 aromatic carbocycles. The van der Waals surface area contributed by atoms with Crippen LogP contribution in [0.2, 0.25) is 0 Å². The maximum absolute atomic E-state index is 12.9. The van der Waals surface area contributed by atoms with Crippen LogP contribution in [0.25, 0.3) is 11.0 Å². The predicted octanol–water partition coefficient (Wildman–Crippen LogP) is 1.88. The zero-order valence-electron chi connectivity index (χ0n) is 14.3. The summed E-state index contributed by atoms with van der Waals surface area (Å²) in [6, 6.07) is 10.3. The van der Waals surface area contributed by atoms with Crippen LogP contribution in [0, 0.1) is 0 Å². The molecule has 1 saturated heterocycles. The van der Waals surface area contributed by atoms with Gasteiger partial charge in [-0.2, -0.15) is 4.31 Å². The lowest BCUT2D eigenvalue weighted by atomic mass is 10.2. The van der Waals surface area contributed by atoms with Crippen molar-refractivity contribution >= 4 is 48.6 Å². The smallest absolute Gasteiger partial charge is 0.243 e. The van der Waals surface area contributed by atoms with E-state index < -0.39 is 10.0 Å². The molecule has 27 heavy (non-hydrogen) atoms. The molecule has 3 heterocycles. The van der Waals surface area contributed by atoms with Crippen molar-refractivity contribution in [2.75, 3.05) is 36.8 Å². The van der Waals surface area contributed by atoms with Crippen molar-refractivity contribution in [3.63, 3.8) is 0 Å². The van der Waals surface area contributed by atoms with Crippen LogP contribution in [0.3, 0.4) is 0 Å². The number of nitrogens with zero attached hydrogens (tertiary/aromatic N) is 5. The number of hydrogen-bond acceptors (Lipinski definition) is 7. The molecule has 4 rings (SSSR count). The lowest BCUT2D eigenvalue weighted by molar-refractivity contribution is 0.384. The van der Waals surface area contributed by atoms with Gasteiger partial charge in [0.1, 0.15) is 18.0 Å². The number of halogens is 1. The molecule has 0 amide bonds. The van der Waals surface area contributed by atoms with Crippen LogP contribution in [0.5, 0.6) is 0 Å². The van der Waals surface area contributed by atoms with E-state index in [1.165, 1.54) is 10.6 Å². The third kappa shape index (κ3) is 3.47. The Labute approximate surface area is 165 Å². The van der Waals surface area contributed by atoms with Gasteiger partial charge in [-0.1, -0.05) is 22.0 Å². The molecular formula is C17H17BrN6O2S. The molecule has 8 nitrogen and oxygen atoms in total. The Bertz CT molecular complexity index is 1100. The molecule has 0 bridgehead atoms. The Kier molecular flexibility index (Phi) is 4.70. The molecule has 140 valence electrons. The summed E-state index contributed by atoms with van der Waals surface area (Å²) in [6.45, 7) is 1.82. The number of aromatic nitrogens is 3. The average molecular weight is 449 g/mol. The Hall–Kier alpha value is -2.30. The third-order valence-electron chi connectivity index (χ3n) is 4.47. The molecule has 0 saturated carbocycles. The average Bonchev–Trinajstić information content (AvgIpc) is 2.67. The highest BCUT2D eigenvalue weighted by Crippen LogP contribution is 2.26. The summed E-state index contributed by atoms with van der Waals surface area (Å²) < 4.78 is 28.0. The summed E-state index contributed by atoms with van der Waals surface area (Å²) in [5.74, 6) is 1.14. The van der Waals surface area contributed by atoms with Gasteiger partial charge in [0.05, 0.1) is 10.3 Å². The van der Waals surface area contributed by atoms with E-state index in [-0.39, 0.29) is 4.90 Å². The van der Waals surface area contributed by atoms with E-state index in [1.54, 1.807) is 30.3 Å². The summed E-state index contributed by atoms with van der Waals surface area (Å²) in [6.07, 6.45) is 1.45. The van der Waals surface area contributed by atoms with Crippen molar-refractivity contribution in [1.29, 1.82) is 0 Å². The van der Waals surface area contributed by atoms with E-state index >= 15 is 0 Å². The van der Waals surface area contributed by atoms with Crippen molar-refractivity contribution in [3.8, 4) is 0 Å². The molecule has 3 aromatic rings. The molecule has 1 aliphatic rings. The van der Waals surface area contributed by atoms with E-state index in [1.807, 2.05) is 6.07 Å². The molecule has 0 atom stereocenters. The summed E-state index contributed by atoms with van der Waals surface area (Å²) >= 11 is 3.33. The number of rotatable bonds is 3. The van der Waals surface area contributed by atoms with Crippen molar-refractivity contribution < 1.29 is 8.42 Å². The van der Waals surface area contributed by atoms with Gasteiger partial charge in [0.2, 0.25) is 10.0 Å². The fourth-order valence-electron chi connectivity index (χ4n) is 3.11. The predicted molar refractivity (Wildman–Crippen MR) is 107 cm³/mol. The zero-order chi connectivity index (χ0) is 19.0. The standard InChI is InChI=1S/C17H17BrN6O2S/c18-12-2-1-3-13(10-12)27(25,26)24-8-6-23(7-9-24)17-14-4-5-15(19)22-16(14)20-11-21-17/h1-5,10-11H,6-9H2,(H2,19,20,21,22). The van der Waals surface area contributed by atoms with Crippen LogP contribution in [-0.4, -0.2) is 53.9 Å². The van der Waals surface area contributed by atoms with E-state index in [0.29, 0.717) is 37.6 Å². The first-order valence-corrected chi connectivity index (χ1v) is 10.6. The Morgan fingerprint density at radius 1 is 1.04 bits per heavy atom. The minimum absolute atomic E-state index is 0.289. The fraction of sp³-hybridized carbons (Fsp3) is 0.235. The quantitative estimate of drug-likeness (QED) is 0.651. The number of nitrogens with two attached hydrogens (primary N) is 1. The van der Waals surface area contributed by atoms with Crippen LogP contribution < -0.4 is 10.6 Å². The highest BCUT2D eigenvalue weighted by atomic mass is 79.9. The second-order valence-electron chi connectivity index (χ2n) is 6.15. The maximum atomic E-state index is 12.9. The first kappa shape index (κ1) is 18.1. The van der Waals surface area contributed by atoms with E-state index in [4.69, 9.17) is 5.73 Å². The largest absolute Gasteiger partial charge is 0.384 e. The molecular weight excluding hydrogens is 432 g/mol. The number of sulfonamides is 1. The minimum Gasteiger partial charge on any atom is -0.384 e. The molecule has 0 radical (unpaired) electrons. The molecule has 0 aliphatic carbocycles. The Morgan fingerprint density at radius 2 is 1.81 bits per heavy atom. The number of fused-ring (bicyclic) bond motifs is 1. The Balaban J connectivity index is 1.56. The van der Waals surface area contributed by atoms with Crippen molar-refractivity contribution in [2.24, 2.45) is 0 Å². The molecule has 2 aromatic heterocycles. The highest BCUT2D eigenvalue weighted by molar-refractivity contribution is 9.10. The number of piperazine rings is 1. The van der Waals surface area contributed by atoms with Crippen LogP contribution >= 0.6 is 15.9 Å². The molecule has 1 aliphatic heterocycles. The van der Waals surface area contributed by atoms with Gasteiger partial charge in [-0.3, -0.25) is 0 Å². The summed E-state index contributed by atoms with van der Waals surface area (Å²) in [5.41, 5.74) is 6.25. The number of hydrogen-bond donors (Lipinski definition) is 1. The van der Waals surface area contributed by atoms with Gasteiger partial charge in [0.15, 0.2) is 5.65 Å². The monoisotopic (exact) mass is 448 g/mol. The molecule has 0 unspecified atom stereocenters. The van der Waals surface area contributed by atoms with Gasteiger partial charge < -0.3 is 10.6 Å². The second-order valence-corrected chi connectivity index (χ2v) is 9.01. The topological polar surface area (TPSA) is 105 Å². The van der Waals surface area contributed by atoms with Crippen molar-refractivity contribution in [3.05, 3.63) is 47.2 Å². The fourth-order valence-corrected chi connectivity index (χ4v) is 5.13. The summed E-state index contributed by atoms with van der Waals surface area (Å²) in [4.78, 5) is 15.1. The van der Waals surface area contributed by atoms with Gasteiger partial charge in [0.25, 0.3) is 0 Å². The SMILES string of the molecule is Nc1ccc2c(N3CCN(S(=O)(=O)c4cccc(Br)c4)CC3)ncnc2n1. The third-order valence-corrected chi connectivity index (χ3v) is 6.86. The summed E-state index contributed by atoms with van der Waals surface area (Å²) in [7, 11) is -3.52. The minimum atomic E-state index is -3.52. The van der Waals surface area contributed by atoms with Gasteiger partial charge in [-0.05, 0) is 30.3 Å². The van der Waals surface area contributed by atoms with Crippen LogP contribution in [0.4, 0.5) is 11.6 Å². The molecule has 1 fully saturated rings. The number of anilines is 2.